The van der Waals surface area contributed by atoms with Crippen molar-refractivity contribution in [2.45, 2.75) is 13.0 Å². The first-order valence-corrected chi connectivity index (χ1v) is 5.33. The highest BCUT2D eigenvalue weighted by Gasteiger charge is 2.17. The van der Waals surface area contributed by atoms with Crippen molar-refractivity contribution in [3.8, 4) is 0 Å². The van der Waals surface area contributed by atoms with E-state index < -0.39 is 6.61 Å². The Hall–Kier alpha value is -2.01. The molecule has 0 spiro atoms. The van der Waals surface area contributed by atoms with Crippen LogP contribution >= 0.6 is 0 Å². The third kappa shape index (κ3) is 2.24. The number of benzene rings is 1. The van der Waals surface area contributed by atoms with Crippen LogP contribution in [0.5, 0.6) is 0 Å². The molecule has 88 valence electrons. The highest BCUT2D eigenvalue weighted by molar-refractivity contribution is 5.95. The molecule has 1 heterocycles. The van der Waals surface area contributed by atoms with Gasteiger partial charge in [0.25, 0.3) is 0 Å². The van der Waals surface area contributed by atoms with Gasteiger partial charge < -0.3 is 5.11 Å². The number of aliphatic hydroxyl groups excluding tert-OH is 1. The number of carbonyl (C=O) groups excluding carboxylic acids is 1. The maximum atomic E-state index is 11.5. The molecule has 2 rings (SSSR count). The molecule has 0 aliphatic rings. The molecule has 0 aliphatic heterocycles. The smallest absolute Gasteiger partial charge is 0.207 e. The zero-order chi connectivity index (χ0) is 12.3. The number of hydrogen-bond donors (Lipinski definition) is 1. The highest BCUT2D eigenvalue weighted by Crippen LogP contribution is 2.17. The van der Waals surface area contributed by atoms with E-state index >= 15 is 0 Å². The van der Waals surface area contributed by atoms with E-state index in [1.54, 1.807) is 0 Å². The highest BCUT2D eigenvalue weighted by atomic mass is 16.3. The van der Waals surface area contributed by atoms with Gasteiger partial charge in [0.15, 0.2) is 0 Å². The Morgan fingerprint density at radius 3 is 2.76 bits per heavy atom. The van der Waals surface area contributed by atoms with Crippen LogP contribution in [0.4, 0.5) is 0 Å². The molecule has 0 aliphatic carbocycles. The first-order chi connectivity index (χ1) is 8.24. The monoisotopic (exact) mass is 231 g/mol. The summed E-state index contributed by atoms with van der Waals surface area (Å²) in [6, 6.07) is 9.60. The van der Waals surface area contributed by atoms with Crippen LogP contribution in [0.3, 0.4) is 0 Å². The van der Waals surface area contributed by atoms with Gasteiger partial charge in [0, 0.05) is 0 Å². The van der Waals surface area contributed by atoms with Crippen LogP contribution in [-0.4, -0.2) is 32.5 Å². The SMILES string of the molecule is C[C@H](c1ccccc1)n1nncc1C(=O)CO. The van der Waals surface area contributed by atoms with Crippen molar-refractivity contribution in [3.05, 3.63) is 47.8 Å². The molecule has 5 heteroatoms. The third-order valence-corrected chi connectivity index (χ3v) is 2.65. The Bertz CT molecular complexity index is 507. The number of Topliss-reactive ketones (excluding diaryl/α,β-unsaturated/α-hetero) is 1. The van der Waals surface area contributed by atoms with Gasteiger partial charge in [0.1, 0.15) is 12.3 Å². The Morgan fingerprint density at radius 2 is 2.12 bits per heavy atom. The summed E-state index contributed by atoms with van der Waals surface area (Å²) >= 11 is 0. The topological polar surface area (TPSA) is 68.0 Å². The lowest BCUT2D eigenvalue weighted by Crippen LogP contribution is -2.17. The maximum absolute atomic E-state index is 11.5. The molecule has 0 bridgehead atoms. The molecule has 0 saturated carbocycles. The molecular weight excluding hydrogens is 218 g/mol. The van der Waals surface area contributed by atoms with Crippen LogP contribution in [0.2, 0.25) is 0 Å². The number of carbonyl (C=O) groups is 1. The summed E-state index contributed by atoms with van der Waals surface area (Å²) < 4.78 is 1.52. The van der Waals surface area contributed by atoms with E-state index in [1.807, 2.05) is 37.3 Å². The zero-order valence-corrected chi connectivity index (χ0v) is 9.45. The molecule has 1 aromatic carbocycles. The molecule has 2 aromatic rings. The van der Waals surface area contributed by atoms with Crippen molar-refractivity contribution in [2.24, 2.45) is 0 Å². The van der Waals surface area contributed by atoms with Crippen molar-refractivity contribution in [1.29, 1.82) is 0 Å². The molecule has 1 atom stereocenters. The predicted octanol–water partition coefficient (Wildman–Crippen LogP) is 1.06. The van der Waals surface area contributed by atoms with Crippen LogP contribution < -0.4 is 0 Å². The van der Waals surface area contributed by atoms with Gasteiger partial charge in [-0.25, -0.2) is 4.68 Å². The molecule has 0 radical (unpaired) electrons. The lowest BCUT2D eigenvalue weighted by molar-refractivity contribution is 0.0891. The van der Waals surface area contributed by atoms with E-state index in [1.165, 1.54) is 10.9 Å². The van der Waals surface area contributed by atoms with Gasteiger partial charge in [0.2, 0.25) is 5.78 Å². The fraction of sp³-hybridized carbons (Fsp3) is 0.250. The molecule has 0 saturated heterocycles. The Balaban J connectivity index is 2.35. The lowest BCUT2D eigenvalue weighted by atomic mass is 10.1. The largest absolute Gasteiger partial charge is 0.388 e. The van der Waals surface area contributed by atoms with Crippen molar-refractivity contribution >= 4 is 5.78 Å². The Morgan fingerprint density at radius 1 is 1.41 bits per heavy atom. The normalized spacial score (nSPS) is 12.4. The van der Waals surface area contributed by atoms with Crippen LogP contribution in [-0.2, 0) is 0 Å². The van der Waals surface area contributed by atoms with Crippen molar-refractivity contribution in [2.75, 3.05) is 6.61 Å². The van der Waals surface area contributed by atoms with Gasteiger partial charge in [-0.1, -0.05) is 35.5 Å². The quantitative estimate of drug-likeness (QED) is 0.799. The molecule has 17 heavy (non-hydrogen) atoms. The van der Waals surface area contributed by atoms with Crippen molar-refractivity contribution in [3.63, 3.8) is 0 Å². The average molecular weight is 231 g/mol. The van der Waals surface area contributed by atoms with Gasteiger partial charge in [-0.2, -0.15) is 0 Å². The van der Waals surface area contributed by atoms with E-state index in [0.717, 1.165) is 5.56 Å². The molecule has 5 nitrogen and oxygen atoms in total. The average Bonchev–Trinajstić information content (AvgIpc) is 2.87. The summed E-state index contributed by atoms with van der Waals surface area (Å²) in [7, 11) is 0. The standard InChI is InChI=1S/C12H13N3O2/c1-9(10-5-3-2-4-6-10)15-11(7-13-14-15)12(17)8-16/h2-7,9,16H,8H2,1H3/t9-/m1/s1. The first kappa shape index (κ1) is 11.5. The van der Waals surface area contributed by atoms with Gasteiger partial charge in [-0.05, 0) is 12.5 Å². The van der Waals surface area contributed by atoms with Crippen LogP contribution in [0.25, 0.3) is 0 Å². The summed E-state index contributed by atoms with van der Waals surface area (Å²) in [5.74, 6) is -0.377. The number of aromatic nitrogens is 3. The van der Waals surface area contributed by atoms with Gasteiger partial charge in [0.05, 0.1) is 12.2 Å². The molecule has 0 amide bonds. The minimum atomic E-state index is -0.533. The minimum Gasteiger partial charge on any atom is -0.388 e. The number of rotatable bonds is 4. The lowest BCUT2D eigenvalue weighted by Gasteiger charge is -2.13. The number of aliphatic hydroxyl groups is 1. The van der Waals surface area contributed by atoms with E-state index in [2.05, 4.69) is 10.3 Å². The molecule has 0 unspecified atom stereocenters. The third-order valence-electron chi connectivity index (χ3n) is 2.65. The number of hydrogen-bond acceptors (Lipinski definition) is 4. The fourth-order valence-electron chi connectivity index (χ4n) is 1.68. The minimum absolute atomic E-state index is 0.0933. The van der Waals surface area contributed by atoms with E-state index in [4.69, 9.17) is 5.11 Å². The number of nitrogens with zero attached hydrogens (tertiary/aromatic N) is 3. The fourth-order valence-corrected chi connectivity index (χ4v) is 1.68. The molecular formula is C12H13N3O2. The van der Waals surface area contributed by atoms with E-state index in [0.29, 0.717) is 5.69 Å². The van der Waals surface area contributed by atoms with E-state index in [-0.39, 0.29) is 11.8 Å². The summed E-state index contributed by atoms with van der Waals surface area (Å²) in [6.45, 7) is 1.40. The molecule has 1 N–H and O–H groups in total. The van der Waals surface area contributed by atoms with E-state index in [9.17, 15) is 4.79 Å². The van der Waals surface area contributed by atoms with Crippen molar-refractivity contribution in [1.82, 2.24) is 15.0 Å². The van der Waals surface area contributed by atoms with Gasteiger partial charge >= 0.3 is 0 Å². The second-order valence-corrected chi connectivity index (χ2v) is 3.73. The summed E-state index contributed by atoms with van der Waals surface area (Å²) in [6.07, 6.45) is 1.37. The summed E-state index contributed by atoms with van der Waals surface area (Å²) in [4.78, 5) is 11.5. The first-order valence-electron chi connectivity index (χ1n) is 5.33. The Labute approximate surface area is 98.7 Å². The van der Waals surface area contributed by atoms with Crippen LogP contribution in [0.1, 0.15) is 29.0 Å². The van der Waals surface area contributed by atoms with Crippen LogP contribution in [0, 0.1) is 0 Å². The summed E-state index contributed by atoms with van der Waals surface area (Å²) in [5.41, 5.74) is 1.36. The second-order valence-electron chi connectivity index (χ2n) is 3.73. The van der Waals surface area contributed by atoms with Gasteiger partial charge in [-0.3, -0.25) is 4.79 Å². The Kier molecular flexibility index (Phi) is 3.30. The summed E-state index contributed by atoms with van der Waals surface area (Å²) in [5, 5.41) is 16.5. The van der Waals surface area contributed by atoms with Gasteiger partial charge in [-0.15, -0.1) is 5.10 Å². The predicted molar refractivity (Wildman–Crippen MR) is 61.7 cm³/mol. The second kappa shape index (κ2) is 4.88. The zero-order valence-electron chi connectivity index (χ0n) is 9.45. The van der Waals surface area contributed by atoms with Crippen molar-refractivity contribution < 1.29 is 9.90 Å². The molecule has 0 fully saturated rings. The van der Waals surface area contributed by atoms with Crippen LogP contribution in [0.15, 0.2) is 36.5 Å². The maximum Gasteiger partial charge on any atom is 0.207 e. The molecule has 1 aromatic heterocycles. The number of ketones is 1.